The highest BCUT2D eigenvalue weighted by Crippen LogP contribution is 2.36. The Bertz CT molecular complexity index is 628. The molecule has 1 saturated heterocycles. The SMILES string of the molecule is C[C@H]1CCC[C@H](CCO)O[C@H](c2ccccc2)C[C@@H](c2ccccc2)O1. The molecule has 0 bridgehead atoms. The molecule has 4 atom stereocenters. The lowest BCUT2D eigenvalue weighted by Gasteiger charge is -2.32. The highest BCUT2D eigenvalue weighted by Gasteiger charge is 2.26. The summed E-state index contributed by atoms with van der Waals surface area (Å²) in [4.78, 5) is 0. The predicted molar refractivity (Wildman–Crippen MR) is 104 cm³/mol. The Labute approximate surface area is 157 Å². The van der Waals surface area contributed by atoms with Crippen LogP contribution in [0.1, 0.15) is 62.4 Å². The molecular weight excluding hydrogens is 324 g/mol. The predicted octanol–water partition coefficient (Wildman–Crippen LogP) is 5.22. The standard InChI is InChI=1S/C23H30O3/c1-18-9-8-14-21(15-16-24)26-23(20-12-6-3-7-13-20)17-22(25-18)19-10-4-2-5-11-19/h2-7,10-13,18,21-24H,8-9,14-17H2,1H3/t18-,21+,22-,23-/m0/s1. The second-order valence-corrected chi connectivity index (χ2v) is 7.18. The Morgan fingerprint density at radius 2 is 1.42 bits per heavy atom. The van der Waals surface area contributed by atoms with Gasteiger partial charge in [0.05, 0.1) is 24.4 Å². The number of rotatable bonds is 4. The van der Waals surface area contributed by atoms with Crippen molar-refractivity contribution in [2.45, 2.75) is 63.4 Å². The highest BCUT2D eigenvalue weighted by molar-refractivity contribution is 5.21. The van der Waals surface area contributed by atoms with Gasteiger partial charge in [-0.1, -0.05) is 60.7 Å². The maximum atomic E-state index is 9.44. The van der Waals surface area contributed by atoms with Crippen molar-refractivity contribution in [3.63, 3.8) is 0 Å². The van der Waals surface area contributed by atoms with E-state index < -0.39 is 0 Å². The molecule has 1 N–H and O–H groups in total. The molecule has 0 aromatic heterocycles. The number of hydrogen-bond donors (Lipinski definition) is 1. The second kappa shape index (κ2) is 9.86. The first kappa shape index (κ1) is 19.1. The average Bonchev–Trinajstić information content (AvgIpc) is 2.68. The summed E-state index contributed by atoms with van der Waals surface area (Å²) in [5.74, 6) is 0. The van der Waals surface area contributed by atoms with Gasteiger partial charge in [-0.15, -0.1) is 0 Å². The number of aliphatic hydroxyl groups excluding tert-OH is 1. The molecule has 3 heteroatoms. The molecule has 0 radical (unpaired) electrons. The molecule has 0 amide bonds. The molecule has 1 fully saturated rings. The molecule has 26 heavy (non-hydrogen) atoms. The monoisotopic (exact) mass is 354 g/mol. The molecule has 2 aromatic carbocycles. The highest BCUT2D eigenvalue weighted by atomic mass is 16.5. The molecule has 1 aliphatic rings. The van der Waals surface area contributed by atoms with E-state index in [4.69, 9.17) is 9.47 Å². The van der Waals surface area contributed by atoms with Gasteiger partial charge in [0.2, 0.25) is 0 Å². The van der Waals surface area contributed by atoms with Crippen molar-refractivity contribution in [3.8, 4) is 0 Å². The first-order valence-corrected chi connectivity index (χ1v) is 9.78. The van der Waals surface area contributed by atoms with Crippen molar-refractivity contribution >= 4 is 0 Å². The van der Waals surface area contributed by atoms with Crippen LogP contribution in [-0.2, 0) is 9.47 Å². The number of aliphatic hydroxyl groups is 1. The number of hydrogen-bond acceptors (Lipinski definition) is 3. The van der Waals surface area contributed by atoms with Crippen LogP contribution in [0.3, 0.4) is 0 Å². The van der Waals surface area contributed by atoms with E-state index in [0.29, 0.717) is 6.42 Å². The van der Waals surface area contributed by atoms with Crippen LogP contribution in [0.5, 0.6) is 0 Å². The van der Waals surface area contributed by atoms with Crippen molar-refractivity contribution in [1.82, 2.24) is 0 Å². The van der Waals surface area contributed by atoms with Crippen LogP contribution in [0.25, 0.3) is 0 Å². The molecular formula is C23H30O3. The van der Waals surface area contributed by atoms with Crippen molar-refractivity contribution in [1.29, 1.82) is 0 Å². The Kier molecular flexibility index (Phi) is 7.24. The van der Waals surface area contributed by atoms with E-state index in [1.54, 1.807) is 0 Å². The summed E-state index contributed by atoms with van der Waals surface area (Å²) in [6.45, 7) is 2.33. The summed E-state index contributed by atoms with van der Waals surface area (Å²) in [5, 5.41) is 9.44. The van der Waals surface area contributed by atoms with Crippen molar-refractivity contribution in [3.05, 3.63) is 71.8 Å². The summed E-state index contributed by atoms with van der Waals surface area (Å²) in [5.41, 5.74) is 2.37. The molecule has 3 nitrogen and oxygen atoms in total. The Morgan fingerprint density at radius 1 is 0.846 bits per heavy atom. The topological polar surface area (TPSA) is 38.7 Å². The van der Waals surface area contributed by atoms with Gasteiger partial charge in [-0.25, -0.2) is 0 Å². The van der Waals surface area contributed by atoms with E-state index in [1.165, 1.54) is 11.1 Å². The summed E-state index contributed by atoms with van der Waals surface area (Å²) < 4.78 is 12.9. The van der Waals surface area contributed by atoms with Gasteiger partial charge in [-0.3, -0.25) is 0 Å². The zero-order chi connectivity index (χ0) is 18.2. The quantitative estimate of drug-likeness (QED) is 0.818. The molecule has 140 valence electrons. The second-order valence-electron chi connectivity index (χ2n) is 7.18. The van der Waals surface area contributed by atoms with Gasteiger partial charge in [0, 0.05) is 13.0 Å². The molecule has 1 heterocycles. The fourth-order valence-corrected chi connectivity index (χ4v) is 3.71. The van der Waals surface area contributed by atoms with Crippen LogP contribution < -0.4 is 0 Å². The molecule has 0 spiro atoms. The van der Waals surface area contributed by atoms with Crippen LogP contribution in [-0.4, -0.2) is 23.9 Å². The molecule has 3 rings (SSSR count). The third-order valence-electron chi connectivity index (χ3n) is 5.11. The summed E-state index contributed by atoms with van der Waals surface area (Å²) in [6.07, 6.45) is 4.77. The van der Waals surface area contributed by atoms with Gasteiger partial charge >= 0.3 is 0 Å². The van der Waals surface area contributed by atoms with Crippen molar-refractivity contribution < 1.29 is 14.6 Å². The van der Waals surface area contributed by atoms with Crippen LogP contribution in [0.2, 0.25) is 0 Å². The third kappa shape index (κ3) is 5.41. The molecule has 0 saturated carbocycles. The number of ether oxygens (including phenoxy) is 2. The fraction of sp³-hybridized carbons (Fsp3) is 0.478. The number of benzene rings is 2. The van der Waals surface area contributed by atoms with Gasteiger partial charge in [-0.05, 0) is 43.7 Å². The van der Waals surface area contributed by atoms with Gasteiger partial charge in [0.25, 0.3) is 0 Å². The fourth-order valence-electron chi connectivity index (χ4n) is 3.71. The van der Waals surface area contributed by atoms with Gasteiger partial charge in [0.15, 0.2) is 0 Å². The van der Waals surface area contributed by atoms with E-state index in [9.17, 15) is 5.11 Å². The normalized spacial score (nSPS) is 27.8. The third-order valence-corrected chi connectivity index (χ3v) is 5.11. The van der Waals surface area contributed by atoms with Gasteiger partial charge in [0.1, 0.15) is 0 Å². The lowest BCUT2D eigenvalue weighted by molar-refractivity contribution is -0.0899. The van der Waals surface area contributed by atoms with Gasteiger partial charge in [-0.2, -0.15) is 0 Å². The summed E-state index contributed by atoms with van der Waals surface area (Å²) in [7, 11) is 0. The van der Waals surface area contributed by atoms with E-state index in [-0.39, 0.29) is 31.0 Å². The van der Waals surface area contributed by atoms with Crippen molar-refractivity contribution in [2.75, 3.05) is 6.61 Å². The van der Waals surface area contributed by atoms with Crippen LogP contribution in [0, 0.1) is 0 Å². The lowest BCUT2D eigenvalue weighted by Crippen LogP contribution is -2.24. The maximum Gasteiger partial charge on any atom is 0.0856 e. The van der Waals surface area contributed by atoms with Crippen LogP contribution in [0.4, 0.5) is 0 Å². The first-order chi connectivity index (χ1) is 12.8. The molecule has 0 aliphatic carbocycles. The first-order valence-electron chi connectivity index (χ1n) is 9.78. The molecule has 2 aromatic rings. The van der Waals surface area contributed by atoms with Crippen LogP contribution in [0.15, 0.2) is 60.7 Å². The van der Waals surface area contributed by atoms with Crippen molar-refractivity contribution in [2.24, 2.45) is 0 Å². The molecule has 1 aliphatic heterocycles. The molecule has 0 unspecified atom stereocenters. The summed E-state index contributed by atoms with van der Waals surface area (Å²) in [6, 6.07) is 20.8. The van der Waals surface area contributed by atoms with E-state index in [2.05, 4.69) is 55.5 Å². The minimum atomic E-state index is -0.0387. The average molecular weight is 354 g/mol. The van der Waals surface area contributed by atoms with Crippen LogP contribution >= 0.6 is 0 Å². The lowest BCUT2D eigenvalue weighted by atomic mass is 9.96. The van der Waals surface area contributed by atoms with E-state index in [0.717, 1.165) is 25.7 Å². The Hall–Kier alpha value is -1.68. The minimum absolute atomic E-state index is 0.00397. The Balaban J connectivity index is 1.88. The van der Waals surface area contributed by atoms with Gasteiger partial charge < -0.3 is 14.6 Å². The minimum Gasteiger partial charge on any atom is -0.396 e. The van der Waals surface area contributed by atoms with E-state index >= 15 is 0 Å². The maximum absolute atomic E-state index is 9.44. The largest absolute Gasteiger partial charge is 0.396 e. The zero-order valence-electron chi connectivity index (χ0n) is 15.6. The summed E-state index contributed by atoms with van der Waals surface area (Å²) >= 11 is 0. The smallest absolute Gasteiger partial charge is 0.0856 e. The Morgan fingerprint density at radius 3 is 2.00 bits per heavy atom. The zero-order valence-corrected chi connectivity index (χ0v) is 15.6. The van der Waals surface area contributed by atoms with E-state index in [1.807, 2.05) is 12.1 Å².